The molecule has 6 nitrogen and oxygen atoms in total. The maximum atomic E-state index is 13.1. The average Bonchev–Trinajstić information content (AvgIpc) is 2.86. The maximum absolute atomic E-state index is 13.1. The maximum Gasteiger partial charge on any atom is 0.255 e. The summed E-state index contributed by atoms with van der Waals surface area (Å²) in [7, 11) is 0. The fourth-order valence-corrected chi connectivity index (χ4v) is 4.85. The van der Waals surface area contributed by atoms with Crippen LogP contribution in [0.3, 0.4) is 0 Å². The van der Waals surface area contributed by atoms with Gasteiger partial charge in [0.2, 0.25) is 0 Å². The number of carbonyl (C=O) groups is 2. The van der Waals surface area contributed by atoms with Crippen molar-refractivity contribution in [3.63, 3.8) is 0 Å². The van der Waals surface area contributed by atoms with E-state index in [2.05, 4.69) is 25.0 Å². The molecule has 0 aliphatic carbocycles. The van der Waals surface area contributed by atoms with Gasteiger partial charge in [-0.15, -0.1) is 6.58 Å². The number of anilines is 1. The molecule has 2 amide bonds. The van der Waals surface area contributed by atoms with Gasteiger partial charge in [0.1, 0.15) is 5.82 Å². The topological polar surface area (TPSA) is 56.8 Å². The first-order chi connectivity index (χ1) is 15.9. The van der Waals surface area contributed by atoms with E-state index in [-0.39, 0.29) is 17.9 Å². The van der Waals surface area contributed by atoms with Gasteiger partial charge in [-0.2, -0.15) is 0 Å². The monoisotopic (exact) mass is 446 g/mol. The van der Waals surface area contributed by atoms with Crippen molar-refractivity contribution < 1.29 is 9.59 Å². The summed E-state index contributed by atoms with van der Waals surface area (Å²) in [6.07, 6.45) is 14.0. The summed E-state index contributed by atoms with van der Waals surface area (Å²) in [5.41, 5.74) is 3.34. The Kier molecular flexibility index (Phi) is 6.82. The Morgan fingerprint density at radius 3 is 2.82 bits per heavy atom. The number of hydrogen-bond acceptors (Lipinski definition) is 4. The van der Waals surface area contributed by atoms with Crippen molar-refractivity contribution in [1.82, 2.24) is 14.8 Å². The van der Waals surface area contributed by atoms with Crippen LogP contribution in [-0.2, 0) is 11.2 Å². The van der Waals surface area contributed by atoms with Crippen molar-refractivity contribution in [2.45, 2.75) is 52.0 Å². The van der Waals surface area contributed by atoms with Crippen LogP contribution in [0.4, 0.5) is 5.82 Å². The Morgan fingerprint density at radius 1 is 1.27 bits per heavy atom. The number of hydrogen-bond donors (Lipinski definition) is 0. The normalized spacial score (nSPS) is 22.5. The first-order valence-corrected chi connectivity index (χ1v) is 12.0. The highest BCUT2D eigenvalue weighted by Gasteiger charge is 2.28. The second-order valence-corrected chi connectivity index (χ2v) is 9.26. The average molecular weight is 447 g/mol. The fourth-order valence-electron chi connectivity index (χ4n) is 4.85. The fraction of sp³-hybridized carbons (Fsp3) is 0.444. The molecule has 0 aromatic carbocycles. The van der Waals surface area contributed by atoms with Crippen LogP contribution < -0.4 is 4.90 Å². The molecule has 0 spiro atoms. The molecule has 3 aliphatic heterocycles. The van der Waals surface area contributed by atoms with E-state index >= 15 is 0 Å². The zero-order chi connectivity index (χ0) is 23.5. The second-order valence-electron chi connectivity index (χ2n) is 9.26. The Bertz CT molecular complexity index is 1020. The predicted octanol–water partition coefficient (Wildman–Crippen LogP) is 4.47. The SMILES string of the molecule is C=CC1C=C(N2CCCc3cc(C(=O)N4CCC[C@@H](C)C4)cnc32)C=CN1C(=O)C(=C)CC. The van der Waals surface area contributed by atoms with Gasteiger partial charge in [-0.25, -0.2) is 4.98 Å². The number of piperidine rings is 1. The number of allylic oxidation sites excluding steroid dienone is 1. The molecule has 0 N–H and O–H groups in total. The van der Waals surface area contributed by atoms with Crippen LogP contribution >= 0.6 is 0 Å². The minimum absolute atomic E-state index is 0.0821. The second kappa shape index (κ2) is 9.77. The van der Waals surface area contributed by atoms with Crippen molar-refractivity contribution in [1.29, 1.82) is 0 Å². The number of fused-ring (bicyclic) bond motifs is 1. The molecule has 174 valence electrons. The van der Waals surface area contributed by atoms with E-state index in [0.29, 0.717) is 23.5 Å². The van der Waals surface area contributed by atoms with Crippen LogP contribution in [0.25, 0.3) is 0 Å². The predicted molar refractivity (Wildman–Crippen MR) is 132 cm³/mol. The minimum atomic E-state index is -0.242. The molecule has 1 aromatic heterocycles. The van der Waals surface area contributed by atoms with Crippen molar-refractivity contribution in [2.24, 2.45) is 5.92 Å². The van der Waals surface area contributed by atoms with Crippen LogP contribution in [0, 0.1) is 5.92 Å². The summed E-state index contributed by atoms with van der Waals surface area (Å²) < 4.78 is 0. The van der Waals surface area contributed by atoms with Crippen molar-refractivity contribution in [3.8, 4) is 0 Å². The van der Waals surface area contributed by atoms with Crippen LogP contribution in [0.15, 0.2) is 61.1 Å². The van der Waals surface area contributed by atoms with E-state index in [9.17, 15) is 9.59 Å². The third-order valence-electron chi connectivity index (χ3n) is 6.80. The molecule has 1 saturated heterocycles. The Balaban J connectivity index is 1.56. The van der Waals surface area contributed by atoms with Crippen LogP contribution in [0.1, 0.15) is 55.5 Å². The van der Waals surface area contributed by atoms with Gasteiger partial charge in [0.05, 0.1) is 11.6 Å². The highest BCUT2D eigenvalue weighted by atomic mass is 16.2. The van der Waals surface area contributed by atoms with Gasteiger partial charge in [0.25, 0.3) is 11.8 Å². The molecule has 2 atom stereocenters. The van der Waals surface area contributed by atoms with Gasteiger partial charge >= 0.3 is 0 Å². The van der Waals surface area contributed by atoms with E-state index in [1.54, 1.807) is 17.2 Å². The number of carbonyl (C=O) groups excluding carboxylic acids is 2. The van der Waals surface area contributed by atoms with Crippen molar-refractivity contribution in [2.75, 3.05) is 24.5 Å². The number of likely N-dealkylation sites (tertiary alicyclic amines) is 1. The molecule has 0 radical (unpaired) electrons. The number of pyridine rings is 1. The zero-order valence-electron chi connectivity index (χ0n) is 19.8. The van der Waals surface area contributed by atoms with Crippen molar-refractivity contribution >= 4 is 17.6 Å². The molecular formula is C27H34N4O2. The summed E-state index contributed by atoms with van der Waals surface area (Å²) in [6.45, 7) is 14.4. The molecule has 1 fully saturated rings. The number of aryl methyl sites for hydroxylation is 1. The summed E-state index contributed by atoms with van der Waals surface area (Å²) in [5.74, 6) is 1.44. The highest BCUT2D eigenvalue weighted by Crippen LogP contribution is 2.32. The first kappa shape index (κ1) is 23.0. The highest BCUT2D eigenvalue weighted by molar-refractivity contribution is 5.95. The molecule has 0 saturated carbocycles. The Morgan fingerprint density at radius 2 is 2.09 bits per heavy atom. The lowest BCUT2D eigenvalue weighted by atomic mass is 9.98. The summed E-state index contributed by atoms with van der Waals surface area (Å²) in [5, 5.41) is 0. The molecule has 4 heterocycles. The smallest absolute Gasteiger partial charge is 0.255 e. The lowest BCUT2D eigenvalue weighted by Crippen LogP contribution is -2.40. The lowest BCUT2D eigenvalue weighted by Gasteiger charge is -2.36. The third kappa shape index (κ3) is 4.65. The summed E-state index contributed by atoms with van der Waals surface area (Å²) >= 11 is 0. The number of nitrogens with zero attached hydrogens (tertiary/aromatic N) is 4. The molecule has 1 unspecified atom stereocenters. The van der Waals surface area contributed by atoms with Gasteiger partial charge in [-0.3, -0.25) is 9.59 Å². The van der Waals surface area contributed by atoms with Gasteiger partial charge in [-0.1, -0.05) is 26.5 Å². The van der Waals surface area contributed by atoms with E-state index in [1.165, 1.54) is 6.42 Å². The van der Waals surface area contributed by atoms with Gasteiger partial charge in [0.15, 0.2) is 0 Å². The molecule has 0 bridgehead atoms. The summed E-state index contributed by atoms with van der Waals surface area (Å²) in [4.78, 5) is 36.3. The Labute approximate surface area is 197 Å². The zero-order valence-corrected chi connectivity index (χ0v) is 19.8. The van der Waals surface area contributed by atoms with Gasteiger partial charge in [-0.05, 0) is 61.8 Å². The van der Waals surface area contributed by atoms with E-state index < -0.39 is 0 Å². The van der Waals surface area contributed by atoms with Crippen molar-refractivity contribution in [3.05, 3.63) is 72.2 Å². The minimum Gasteiger partial charge on any atom is -0.338 e. The first-order valence-electron chi connectivity index (χ1n) is 12.0. The molecular weight excluding hydrogens is 412 g/mol. The molecule has 1 aromatic rings. The number of aromatic nitrogens is 1. The van der Waals surface area contributed by atoms with E-state index in [0.717, 1.165) is 56.0 Å². The molecule has 33 heavy (non-hydrogen) atoms. The number of amides is 2. The van der Waals surface area contributed by atoms with Gasteiger partial charge in [0, 0.05) is 43.3 Å². The van der Waals surface area contributed by atoms with E-state index in [4.69, 9.17) is 4.98 Å². The van der Waals surface area contributed by atoms with Crippen LogP contribution in [-0.4, -0.2) is 52.3 Å². The van der Waals surface area contributed by atoms with E-state index in [1.807, 2.05) is 36.2 Å². The molecule has 6 heteroatoms. The third-order valence-corrected chi connectivity index (χ3v) is 6.80. The lowest BCUT2D eigenvalue weighted by molar-refractivity contribution is -0.125. The number of rotatable bonds is 5. The van der Waals surface area contributed by atoms with Crippen LogP contribution in [0.2, 0.25) is 0 Å². The quantitative estimate of drug-likeness (QED) is 0.495. The molecule has 3 aliphatic rings. The van der Waals surface area contributed by atoms with Crippen LogP contribution in [0.5, 0.6) is 0 Å². The largest absolute Gasteiger partial charge is 0.338 e. The summed E-state index contributed by atoms with van der Waals surface area (Å²) in [6, 6.07) is 1.78. The van der Waals surface area contributed by atoms with Gasteiger partial charge < -0.3 is 14.7 Å². The molecule has 4 rings (SSSR count). The standard InChI is InChI=1S/C27H34N4O2/c1-5-20(4)26(32)31-14-11-24(16-23(31)6-2)30-13-8-10-21-15-22(17-28-25(21)30)27(33)29-12-7-9-19(3)18-29/h6,11,14-17,19,23H,2,4-5,7-10,12-13,18H2,1,3H3/t19-,23?/m1/s1. The Hall–Kier alpha value is -3.15.